The maximum absolute atomic E-state index is 12.0. The molecular weight excluding hydrogens is 316 g/mol. The van der Waals surface area contributed by atoms with Gasteiger partial charge in [0.15, 0.2) is 5.82 Å². The number of amides is 1. The first kappa shape index (κ1) is 15.8. The van der Waals surface area contributed by atoms with Crippen molar-refractivity contribution in [3.05, 3.63) is 33.6 Å². The van der Waals surface area contributed by atoms with E-state index in [-0.39, 0.29) is 36.1 Å². The van der Waals surface area contributed by atoms with E-state index in [2.05, 4.69) is 20.5 Å². The topological polar surface area (TPSA) is 97.0 Å². The smallest absolute Gasteiger partial charge is 0.273 e. The molecule has 1 amide bonds. The maximum atomic E-state index is 12.0. The first-order valence-electron chi connectivity index (χ1n) is 7.60. The summed E-state index contributed by atoms with van der Waals surface area (Å²) in [5, 5.41) is 12.7. The van der Waals surface area contributed by atoms with E-state index in [4.69, 9.17) is 4.74 Å². The lowest BCUT2D eigenvalue weighted by molar-refractivity contribution is -0.121. The standard InChI is InChI=1S/C15H18N4O3S/c20-13(16-9-10-3-1-7-22-10)6-5-11-15(21)17-14(19-18-11)12-4-2-8-23-12/h2,4,8,10H,1,3,5-7,9H2,(H,16,20)(H,17,19,21). The van der Waals surface area contributed by atoms with E-state index in [9.17, 15) is 9.59 Å². The molecule has 3 heterocycles. The Bertz CT molecular complexity index is 708. The Morgan fingerprint density at radius 2 is 2.39 bits per heavy atom. The van der Waals surface area contributed by atoms with Crippen LogP contribution in [0.3, 0.4) is 0 Å². The van der Waals surface area contributed by atoms with Gasteiger partial charge in [0, 0.05) is 26.0 Å². The van der Waals surface area contributed by atoms with E-state index >= 15 is 0 Å². The van der Waals surface area contributed by atoms with Gasteiger partial charge in [-0.25, -0.2) is 0 Å². The minimum Gasteiger partial charge on any atom is -0.376 e. The fraction of sp³-hybridized carbons (Fsp3) is 0.467. The molecule has 2 N–H and O–H groups in total. The van der Waals surface area contributed by atoms with Crippen molar-refractivity contribution in [1.29, 1.82) is 0 Å². The lowest BCUT2D eigenvalue weighted by Crippen LogP contribution is -2.32. The van der Waals surface area contributed by atoms with Gasteiger partial charge in [-0.05, 0) is 24.3 Å². The van der Waals surface area contributed by atoms with Gasteiger partial charge in [0.2, 0.25) is 5.91 Å². The number of ether oxygens (including phenoxy) is 1. The third kappa shape index (κ3) is 4.23. The van der Waals surface area contributed by atoms with Crippen LogP contribution in [0.5, 0.6) is 0 Å². The first-order chi connectivity index (χ1) is 11.2. The Hall–Kier alpha value is -2.06. The first-order valence-corrected chi connectivity index (χ1v) is 8.48. The second-order valence-corrected chi connectivity index (χ2v) is 6.31. The molecule has 2 aromatic rings. The molecule has 1 atom stereocenters. The predicted molar refractivity (Wildman–Crippen MR) is 86.3 cm³/mol. The summed E-state index contributed by atoms with van der Waals surface area (Å²) < 4.78 is 5.44. The van der Waals surface area contributed by atoms with Crippen molar-refractivity contribution in [3.63, 3.8) is 0 Å². The third-order valence-corrected chi connectivity index (χ3v) is 4.54. The van der Waals surface area contributed by atoms with Crippen molar-refractivity contribution >= 4 is 17.2 Å². The fourth-order valence-corrected chi connectivity index (χ4v) is 3.07. The second-order valence-electron chi connectivity index (χ2n) is 5.37. The van der Waals surface area contributed by atoms with Gasteiger partial charge in [0.25, 0.3) is 5.56 Å². The molecule has 1 saturated heterocycles. The van der Waals surface area contributed by atoms with Gasteiger partial charge in [0.05, 0.1) is 11.0 Å². The SMILES string of the molecule is O=C(CCc1nnc(-c2cccs2)[nH]c1=O)NCC1CCCO1. The van der Waals surface area contributed by atoms with Crippen LogP contribution >= 0.6 is 11.3 Å². The molecule has 1 aliphatic rings. The molecule has 23 heavy (non-hydrogen) atoms. The van der Waals surface area contributed by atoms with Crippen LogP contribution in [0.25, 0.3) is 10.7 Å². The van der Waals surface area contributed by atoms with E-state index in [1.165, 1.54) is 11.3 Å². The molecule has 0 spiro atoms. The average molecular weight is 334 g/mol. The molecular formula is C15H18N4O3S. The number of hydrogen-bond donors (Lipinski definition) is 2. The van der Waals surface area contributed by atoms with Crippen molar-refractivity contribution in [2.45, 2.75) is 31.8 Å². The van der Waals surface area contributed by atoms with Crippen molar-refractivity contribution in [1.82, 2.24) is 20.5 Å². The molecule has 0 aromatic carbocycles. The minimum absolute atomic E-state index is 0.107. The highest BCUT2D eigenvalue weighted by Crippen LogP contribution is 2.18. The third-order valence-electron chi connectivity index (χ3n) is 3.66. The van der Waals surface area contributed by atoms with Crippen LogP contribution in [-0.4, -0.2) is 40.3 Å². The van der Waals surface area contributed by atoms with Crippen molar-refractivity contribution in [3.8, 4) is 10.7 Å². The zero-order valence-electron chi connectivity index (χ0n) is 12.6. The summed E-state index contributed by atoms with van der Waals surface area (Å²) in [5.41, 5.74) is -0.0205. The van der Waals surface area contributed by atoms with E-state index in [0.717, 1.165) is 24.3 Å². The summed E-state index contributed by atoms with van der Waals surface area (Å²) in [7, 11) is 0. The number of hydrogen-bond acceptors (Lipinski definition) is 6. The van der Waals surface area contributed by atoms with Crippen LogP contribution < -0.4 is 10.9 Å². The summed E-state index contributed by atoms with van der Waals surface area (Å²) in [4.78, 5) is 27.4. The number of nitrogens with zero attached hydrogens (tertiary/aromatic N) is 2. The number of carbonyl (C=O) groups excluding carboxylic acids is 1. The molecule has 7 nitrogen and oxygen atoms in total. The Balaban J connectivity index is 1.51. The van der Waals surface area contributed by atoms with Crippen LogP contribution in [0.15, 0.2) is 22.3 Å². The maximum Gasteiger partial charge on any atom is 0.273 e. The lowest BCUT2D eigenvalue weighted by Gasteiger charge is -2.10. The number of carbonyl (C=O) groups is 1. The van der Waals surface area contributed by atoms with Gasteiger partial charge >= 0.3 is 0 Å². The molecule has 0 aliphatic carbocycles. The van der Waals surface area contributed by atoms with Crippen molar-refractivity contribution in [2.24, 2.45) is 0 Å². The van der Waals surface area contributed by atoms with Gasteiger partial charge < -0.3 is 15.0 Å². The highest BCUT2D eigenvalue weighted by molar-refractivity contribution is 7.13. The number of nitrogens with one attached hydrogen (secondary N) is 2. The van der Waals surface area contributed by atoms with E-state index in [1.54, 1.807) is 0 Å². The molecule has 1 fully saturated rings. The Morgan fingerprint density at radius 3 is 3.09 bits per heavy atom. The number of aromatic nitrogens is 3. The molecule has 1 unspecified atom stereocenters. The lowest BCUT2D eigenvalue weighted by atomic mass is 10.2. The zero-order valence-corrected chi connectivity index (χ0v) is 13.4. The quantitative estimate of drug-likeness (QED) is 0.825. The molecule has 0 radical (unpaired) electrons. The second kappa shape index (κ2) is 7.47. The van der Waals surface area contributed by atoms with Crippen LogP contribution in [0, 0.1) is 0 Å². The molecule has 0 saturated carbocycles. The fourth-order valence-electron chi connectivity index (χ4n) is 2.40. The van der Waals surface area contributed by atoms with Gasteiger partial charge in [-0.2, -0.15) is 0 Å². The normalized spacial score (nSPS) is 17.3. The largest absolute Gasteiger partial charge is 0.376 e. The number of H-pyrrole nitrogens is 1. The zero-order chi connectivity index (χ0) is 16.1. The summed E-state index contributed by atoms with van der Waals surface area (Å²) in [5.74, 6) is 0.348. The van der Waals surface area contributed by atoms with Crippen molar-refractivity contribution < 1.29 is 9.53 Å². The number of thiophene rings is 1. The van der Waals surface area contributed by atoms with E-state index in [0.29, 0.717) is 12.4 Å². The number of rotatable bonds is 6. The molecule has 1 aliphatic heterocycles. The van der Waals surface area contributed by atoms with Crippen LogP contribution in [-0.2, 0) is 16.0 Å². The number of aromatic amines is 1. The van der Waals surface area contributed by atoms with E-state index in [1.807, 2.05) is 17.5 Å². The Morgan fingerprint density at radius 1 is 1.48 bits per heavy atom. The van der Waals surface area contributed by atoms with Crippen LogP contribution in [0.2, 0.25) is 0 Å². The Kier molecular flexibility index (Phi) is 5.14. The van der Waals surface area contributed by atoms with Gasteiger partial charge in [-0.1, -0.05) is 6.07 Å². The molecule has 3 rings (SSSR count). The van der Waals surface area contributed by atoms with Crippen LogP contribution in [0.1, 0.15) is 25.0 Å². The minimum atomic E-state index is -0.296. The van der Waals surface area contributed by atoms with Gasteiger partial charge in [0.1, 0.15) is 5.69 Å². The van der Waals surface area contributed by atoms with Gasteiger partial charge in [-0.15, -0.1) is 21.5 Å². The molecule has 122 valence electrons. The van der Waals surface area contributed by atoms with Crippen LogP contribution in [0.4, 0.5) is 0 Å². The highest BCUT2D eigenvalue weighted by Gasteiger charge is 2.16. The monoisotopic (exact) mass is 334 g/mol. The Labute approximate surface area is 137 Å². The molecule has 8 heteroatoms. The van der Waals surface area contributed by atoms with E-state index < -0.39 is 0 Å². The molecule has 0 bridgehead atoms. The highest BCUT2D eigenvalue weighted by atomic mass is 32.1. The van der Waals surface area contributed by atoms with Gasteiger partial charge in [-0.3, -0.25) is 9.59 Å². The predicted octanol–water partition coefficient (Wildman–Crippen LogP) is 1.12. The summed E-state index contributed by atoms with van der Waals surface area (Å²) in [6, 6.07) is 3.75. The average Bonchev–Trinajstić information content (AvgIpc) is 3.25. The van der Waals surface area contributed by atoms with Crippen molar-refractivity contribution in [2.75, 3.05) is 13.2 Å². The number of aryl methyl sites for hydroxylation is 1. The molecule has 2 aromatic heterocycles. The summed E-state index contributed by atoms with van der Waals surface area (Å²) in [6.07, 6.45) is 2.62. The summed E-state index contributed by atoms with van der Waals surface area (Å²) >= 11 is 1.48. The summed E-state index contributed by atoms with van der Waals surface area (Å²) in [6.45, 7) is 1.29.